The molecule has 19 heavy (non-hydrogen) atoms. The number of hydrogen-bond donors (Lipinski definition) is 1. The number of nitrogens with zero attached hydrogens (tertiary/aromatic N) is 1. The lowest BCUT2D eigenvalue weighted by molar-refractivity contribution is 0.172. The third kappa shape index (κ3) is 3.61. The lowest BCUT2D eigenvalue weighted by atomic mass is 10.2. The average molecular weight is 256 g/mol. The average Bonchev–Trinajstić information content (AvgIpc) is 2.93. The van der Waals surface area contributed by atoms with Crippen LogP contribution >= 0.6 is 0 Å². The van der Waals surface area contributed by atoms with Crippen molar-refractivity contribution in [3.63, 3.8) is 0 Å². The van der Waals surface area contributed by atoms with Gasteiger partial charge in [-0.3, -0.25) is 0 Å². The van der Waals surface area contributed by atoms with Crippen LogP contribution in [0, 0.1) is 11.8 Å². The van der Waals surface area contributed by atoms with Crippen molar-refractivity contribution in [3.05, 3.63) is 42.5 Å². The van der Waals surface area contributed by atoms with Crippen LogP contribution in [-0.2, 0) is 4.74 Å². The van der Waals surface area contributed by atoms with Crippen LogP contribution in [0.5, 0.6) is 0 Å². The van der Waals surface area contributed by atoms with Gasteiger partial charge in [-0.15, -0.1) is 0 Å². The van der Waals surface area contributed by atoms with E-state index < -0.39 is 6.09 Å². The maximum absolute atomic E-state index is 10.8. The predicted molar refractivity (Wildman–Crippen MR) is 69.2 cm³/mol. The van der Waals surface area contributed by atoms with E-state index in [1.54, 1.807) is 6.26 Å². The highest BCUT2D eigenvalue weighted by molar-refractivity contribution is 5.67. The Labute approximate surface area is 110 Å². The Morgan fingerprint density at radius 3 is 2.95 bits per heavy atom. The fraction of sp³-hybridized carbons (Fsp3) is 0.143. The summed E-state index contributed by atoms with van der Waals surface area (Å²) in [5, 5.41) is 2.44. The van der Waals surface area contributed by atoms with Crippen molar-refractivity contribution >= 4 is 6.09 Å². The van der Waals surface area contributed by atoms with Gasteiger partial charge in [-0.25, -0.2) is 9.78 Å². The lowest BCUT2D eigenvalue weighted by Gasteiger charge is -1.95. The first kappa shape index (κ1) is 12.7. The smallest absolute Gasteiger partial charge is 0.407 e. The first-order chi connectivity index (χ1) is 9.29. The molecule has 0 aliphatic carbocycles. The Hall–Kier alpha value is -2.74. The van der Waals surface area contributed by atoms with Crippen LogP contribution < -0.4 is 5.32 Å². The first-order valence-electron chi connectivity index (χ1n) is 5.61. The number of nitrogens with one attached hydrogen (secondary N) is 1. The second-order valence-electron chi connectivity index (χ2n) is 3.55. The van der Waals surface area contributed by atoms with Crippen molar-refractivity contribution in [2.24, 2.45) is 0 Å². The number of rotatable bonds is 2. The molecule has 5 heteroatoms. The number of carbonyl (C=O) groups excluding carboxylic acids is 1. The summed E-state index contributed by atoms with van der Waals surface area (Å²) in [4.78, 5) is 15.0. The molecule has 5 nitrogen and oxygen atoms in total. The summed E-state index contributed by atoms with van der Waals surface area (Å²) in [6.07, 6.45) is 1.03. The quantitative estimate of drug-likeness (QED) is 0.835. The van der Waals surface area contributed by atoms with Gasteiger partial charge in [0.15, 0.2) is 0 Å². The number of benzene rings is 1. The molecule has 1 aromatic heterocycles. The first-order valence-corrected chi connectivity index (χ1v) is 5.61. The van der Waals surface area contributed by atoms with Crippen LogP contribution in [0.25, 0.3) is 11.3 Å². The van der Waals surface area contributed by atoms with E-state index in [0.29, 0.717) is 5.89 Å². The van der Waals surface area contributed by atoms with Crippen LogP contribution in [-0.4, -0.2) is 24.7 Å². The number of ether oxygens (including phenoxy) is 1. The van der Waals surface area contributed by atoms with E-state index in [2.05, 4.69) is 26.9 Å². The van der Waals surface area contributed by atoms with Gasteiger partial charge >= 0.3 is 6.09 Å². The highest BCUT2D eigenvalue weighted by atomic mass is 16.5. The van der Waals surface area contributed by atoms with Crippen molar-refractivity contribution in [2.75, 3.05) is 13.7 Å². The zero-order chi connectivity index (χ0) is 13.5. The van der Waals surface area contributed by atoms with Gasteiger partial charge in [-0.05, 0) is 5.92 Å². The number of methoxy groups -OCH3 is 1. The number of amides is 1. The van der Waals surface area contributed by atoms with Gasteiger partial charge in [0.1, 0.15) is 12.0 Å². The van der Waals surface area contributed by atoms with Gasteiger partial charge in [-0.2, -0.15) is 0 Å². The van der Waals surface area contributed by atoms with Gasteiger partial charge in [0.25, 0.3) is 5.89 Å². The minimum absolute atomic E-state index is 0.176. The van der Waals surface area contributed by atoms with Gasteiger partial charge in [0.05, 0.1) is 13.7 Å². The zero-order valence-electron chi connectivity index (χ0n) is 10.3. The Bertz CT molecular complexity index is 608. The number of carbonyl (C=O) groups is 1. The molecule has 1 amide bonds. The highest BCUT2D eigenvalue weighted by Gasteiger charge is 2.03. The Morgan fingerprint density at radius 1 is 1.42 bits per heavy atom. The summed E-state index contributed by atoms with van der Waals surface area (Å²) >= 11 is 0. The van der Waals surface area contributed by atoms with E-state index in [4.69, 9.17) is 4.42 Å². The fourth-order valence-electron chi connectivity index (χ4n) is 1.38. The fourth-order valence-corrected chi connectivity index (χ4v) is 1.38. The van der Waals surface area contributed by atoms with Crippen molar-refractivity contribution in [3.8, 4) is 23.1 Å². The van der Waals surface area contributed by atoms with Crippen molar-refractivity contribution in [2.45, 2.75) is 0 Å². The normalized spacial score (nSPS) is 9.32. The molecule has 1 heterocycles. The van der Waals surface area contributed by atoms with Gasteiger partial charge in [0, 0.05) is 5.56 Å². The van der Waals surface area contributed by atoms with Crippen LogP contribution in [0.1, 0.15) is 5.89 Å². The molecule has 0 saturated carbocycles. The summed E-state index contributed by atoms with van der Waals surface area (Å²) in [6.45, 7) is 0.176. The molecule has 0 unspecified atom stereocenters. The van der Waals surface area contributed by atoms with Crippen molar-refractivity contribution in [1.29, 1.82) is 0 Å². The van der Waals surface area contributed by atoms with Gasteiger partial charge < -0.3 is 14.5 Å². The minimum atomic E-state index is -0.522. The SMILES string of the molecule is COC(=O)NCC#Cc1nc(-c2ccccc2)co1. The third-order valence-corrected chi connectivity index (χ3v) is 2.28. The van der Waals surface area contributed by atoms with Crippen LogP contribution in [0.2, 0.25) is 0 Å². The molecule has 0 saturated heterocycles. The lowest BCUT2D eigenvalue weighted by Crippen LogP contribution is -2.22. The molecule has 0 radical (unpaired) electrons. The molecule has 0 fully saturated rings. The van der Waals surface area contributed by atoms with Crippen molar-refractivity contribution < 1.29 is 13.9 Å². The highest BCUT2D eigenvalue weighted by Crippen LogP contribution is 2.17. The molecule has 2 aromatic rings. The summed E-state index contributed by atoms with van der Waals surface area (Å²) in [5.41, 5.74) is 1.69. The molecule has 0 spiro atoms. The van der Waals surface area contributed by atoms with Crippen molar-refractivity contribution in [1.82, 2.24) is 10.3 Å². The third-order valence-electron chi connectivity index (χ3n) is 2.28. The molecular weight excluding hydrogens is 244 g/mol. The Morgan fingerprint density at radius 2 is 2.21 bits per heavy atom. The minimum Gasteiger partial charge on any atom is -0.453 e. The summed E-state index contributed by atoms with van der Waals surface area (Å²) in [6, 6.07) is 9.66. The maximum Gasteiger partial charge on any atom is 0.407 e. The molecule has 2 rings (SSSR count). The molecule has 0 atom stereocenters. The van der Waals surface area contributed by atoms with Crippen LogP contribution in [0.4, 0.5) is 4.79 Å². The molecular formula is C14H12N2O3. The van der Waals surface area contributed by atoms with Gasteiger partial charge in [0.2, 0.25) is 0 Å². The summed E-state index contributed by atoms with van der Waals surface area (Å²) in [5.74, 6) is 5.74. The molecule has 96 valence electrons. The van der Waals surface area contributed by atoms with E-state index in [-0.39, 0.29) is 6.54 Å². The molecule has 1 aromatic carbocycles. The maximum atomic E-state index is 10.8. The van der Waals surface area contributed by atoms with E-state index in [1.165, 1.54) is 7.11 Å². The van der Waals surface area contributed by atoms with E-state index in [1.807, 2.05) is 30.3 Å². The number of alkyl carbamates (subject to hydrolysis) is 1. The largest absolute Gasteiger partial charge is 0.453 e. The van der Waals surface area contributed by atoms with E-state index in [9.17, 15) is 4.79 Å². The summed E-state index contributed by atoms with van der Waals surface area (Å²) < 4.78 is 9.63. The van der Waals surface area contributed by atoms with Crippen LogP contribution in [0.15, 0.2) is 41.0 Å². The predicted octanol–water partition coefficient (Wildman–Crippen LogP) is 2.05. The zero-order valence-corrected chi connectivity index (χ0v) is 10.3. The monoisotopic (exact) mass is 256 g/mol. The van der Waals surface area contributed by atoms with E-state index in [0.717, 1.165) is 11.3 Å². The van der Waals surface area contributed by atoms with Crippen LogP contribution in [0.3, 0.4) is 0 Å². The second kappa shape index (κ2) is 6.26. The Balaban J connectivity index is 1.99. The second-order valence-corrected chi connectivity index (χ2v) is 3.55. The standard InChI is InChI=1S/C14H12N2O3/c1-18-14(17)15-9-5-8-13-16-12(10-19-13)11-6-3-2-4-7-11/h2-4,6-7,10H,9H2,1H3,(H,15,17). The molecule has 0 aliphatic rings. The molecule has 0 bridgehead atoms. The number of hydrogen-bond acceptors (Lipinski definition) is 4. The number of oxazole rings is 1. The molecule has 0 aliphatic heterocycles. The number of aromatic nitrogens is 1. The van der Waals surface area contributed by atoms with E-state index >= 15 is 0 Å². The van der Waals surface area contributed by atoms with Gasteiger partial charge in [-0.1, -0.05) is 36.3 Å². The topological polar surface area (TPSA) is 64.4 Å². The summed E-state index contributed by atoms with van der Waals surface area (Å²) in [7, 11) is 1.29. The molecule has 1 N–H and O–H groups in total. The Kier molecular flexibility index (Phi) is 4.19.